The summed E-state index contributed by atoms with van der Waals surface area (Å²) in [5.74, 6) is 0. The third kappa shape index (κ3) is 4.79. The van der Waals surface area contributed by atoms with Crippen LogP contribution in [0.4, 0.5) is 0 Å². The van der Waals surface area contributed by atoms with Crippen molar-refractivity contribution < 1.29 is 9.31 Å². The first-order valence-electron chi connectivity index (χ1n) is 18.5. The topological polar surface area (TPSA) is 18.5 Å². The van der Waals surface area contributed by atoms with Gasteiger partial charge in [0.2, 0.25) is 0 Å². The maximum atomic E-state index is 6.54. The van der Waals surface area contributed by atoms with E-state index in [1.165, 1.54) is 75.8 Å². The maximum Gasteiger partial charge on any atom is 0.496 e. The van der Waals surface area contributed by atoms with Crippen LogP contribution in [0, 0.1) is 0 Å². The molecule has 7 aromatic carbocycles. The minimum Gasteiger partial charge on any atom is -0.399 e. The van der Waals surface area contributed by atoms with Crippen LogP contribution in [-0.2, 0) is 14.7 Å². The Hall–Kier alpha value is -5.26. The second kappa shape index (κ2) is 11.9. The van der Waals surface area contributed by atoms with Gasteiger partial charge in [0.15, 0.2) is 0 Å². The average Bonchev–Trinajstić information content (AvgIpc) is 3.80. The van der Waals surface area contributed by atoms with Crippen molar-refractivity contribution in [3.8, 4) is 33.4 Å². The van der Waals surface area contributed by atoms with Gasteiger partial charge in [-0.3, -0.25) is 0 Å². The molecule has 1 aliphatic heterocycles. The van der Waals surface area contributed by atoms with E-state index in [-0.39, 0.29) is 0 Å². The van der Waals surface area contributed by atoms with Gasteiger partial charge in [-0.15, -0.1) is 11.3 Å². The summed E-state index contributed by atoms with van der Waals surface area (Å²) in [7, 11) is -0.408. The van der Waals surface area contributed by atoms with E-state index in [0.717, 1.165) is 5.46 Å². The molecule has 1 aliphatic carbocycles. The molecule has 2 aliphatic rings. The second-order valence-corrected chi connectivity index (χ2v) is 16.5. The molecule has 0 saturated carbocycles. The normalized spacial score (nSPS) is 16.6. The van der Waals surface area contributed by atoms with Gasteiger partial charge in [-0.1, -0.05) is 164 Å². The Morgan fingerprint density at radius 3 is 1.49 bits per heavy atom. The van der Waals surface area contributed by atoms with Gasteiger partial charge in [-0.05, 0) is 88.7 Å². The molecule has 0 N–H and O–H groups in total. The van der Waals surface area contributed by atoms with E-state index in [0.29, 0.717) is 0 Å². The molecule has 2 nitrogen and oxygen atoms in total. The Morgan fingerprint density at radius 1 is 0.415 bits per heavy atom. The fourth-order valence-corrected chi connectivity index (χ4v) is 10.0. The third-order valence-electron chi connectivity index (χ3n) is 12.1. The number of benzene rings is 7. The summed E-state index contributed by atoms with van der Waals surface area (Å²) in [6.07, 6.45) is 0. The van der Waals surface area contributed by atoms with Gasteiger partial charge in [-0.2, -0.15) is 0 Å². The molecule has 1 saturated heterocycles. The monoisotopic (exact) mass is 702 g/mol. The van der Waals surface area contributed by atoms with Gasteiger partial charge in [0, 0.05) is 20.2 Å². The molecule has 4 heteroatoms. The van der Waals surface area contributed by atoms with Crippen molar-refractivity contribution in [3.05, 3.63) is 186 Å². The van der Waals surface area contributed by atoms with Crippen LogP contribution in [0.1, 0.15) is 49.9 Å². The zero-order valence-electron chi connectivity index (χ0n) is 30.4. The zero-order valence-corrected chi connectivity index (χ0v) is 31.2. The number of fused-ring (bicyclic) bond motifs is 6. The number of rotatable bonds is 5. The molecule has 256 valence electrons. The maximum absolute atomic E-state index is 6.54. The van der Waals surface area contributed by atoms with E-state index in [1.807, 2.05) is 11.3 Å². The van der Waals surface area contributed by atoms with Gasteiger partial charge in [-0.25, -0.2) is 0 Å². The Kier molecular flexibility index (Phi) is 7.26. The van der Waals surface area contributed by atoms with Crippen LogP contribution in [0.3, 0.4) is 0 Å². The molecule has 2 heterocycles. The van der Waals surface area contributed by atoms with E-state index in [4.69, 9.17) is 9.31 Å². The molecule has 1 fully saturated rings. The van der Waals surface area contributed by atoms with Crippen molar-refractivity contribution >= 4 is 44.1 Å². The molecule has 10 rings (SSSR count). The summed E-state index contributed by atoms with van der Waals surface area (Å²) in [6.45, 7) is 8.47. The first-order chi connectivity index (χ1) is 25.8. The highest BCUT2D eigenvalue weighted by molar-refractivity contribution is 7.27. The molecule has 0 amide bonds. The van der Waals surface area contributed by atoms with Crippen molar-refractivity contribution in [2.75, 3.05) is 0 Å². The third-order valence-corrected chi connectivity index (χ3v) is 13.4. The minimum absolute atomic E-state index is 0.398. The lowest BCUT2D eigenvalue weighted by Gasteiger charge is -2.34. The van der Waals surface area contributed by atoms with Gasteiger partial charge >= 0.3 is 7.12 Å². The number of hydrogen-bond donors (Lipinski definition) is 0. The summed E-state index contributed by atoms with van der Waals surface area (Å²) in [5.41, 5.74) is 12.5. The predicted octanol–water partition coefficient (Wildman–Crippen LogP) is 12.1. The summed E-state index contributed by atoms with van der Waals surface area (Å²) in [6, 6.07) is 60.4. The molecule has 0 unspecified atom stereocenters. The van der Waals surface area contributed by atoms with E-state index in [1.54, 1.807) is 0 Å². The van der Waals surface area contributed by atoms with E-state index in [9.17, 15) is 0 Å². The molecule has 53 heavy (non-hydrogen) atoms. The molecule has 8 aromatic rings. The fraction of sp³-hybridized carbons (Fsp3) is 0.143. The zero-order chi connectivity index (χ0) is 36.0. The highest BCUT2D eigenvalue weighted by atomic mass is 32.1. The van der Waals surface area contributed by atoms with Crippen LogP contribution in [0.2, 0.25) is 0 Å². The van der Waals surface area contributed by atoms with Crippen molar-refractivity contribution in [1.82, 2.24) is 0 Å². The van der Waals surface area contributed by atoms with Crippen molar-refractivity contribution in [2.24, 2.45) is 0 Å². The average molecular weight is 703 g/mol. The van der Waals surface area contributed by atoms with Crippen LogP contribution in [0.5, 0.6) is 0 Å². The second-order valence-electron chi connectivity index (χ2n) is 15.5. The lowest BCUT2D eigenvalue weighted by atomic mass is 9.67. The lowest BCUT2D eigenvalue weighted by Crippen LogP contribution is -2.41. The fourth-order valence-electron chi connectivity index (χ4n) is 8.69. The molecular weight excluding hydrogens is 663 g/mol. The lowest BCUT2D eigenvalue weighted by molar-refractivity contribution is 0.00578. The van der Waals surface area contributed by atoms with Crippen LogP contribution in [0.15, 0.2) is 164 Å². The first-order valence-corrected chi connectivity index (χ1v) is 19.3. The Balaban J connectivity index is 1.12. The molecule has 0 spiro atoms. The van der Waals surface area contributed by atoms with E-state index < -0.39 is 23.7 Å². The first kappa shape index (κ1) is 32.4. The Labute approximate surface area is 315 Å². The number of thiophene rings is 1. The van der Waals surface area contributed by atoms with E-state index in [2.05, 4.69) is 191 Å². The highest BCUT2D eigenvalue weighted by Gasteiger charge is 2.52. The predicted molar refractivity (Wildman–Crippen MR) is 223 cm³/mol. The summed E-state index contributed by atoms with van der Waals surface area (Å²) < 4.78 is 15.6. The van der Waals surface area contributed by atoms with Crippen molar-refractivity contribution in [2.45, 2.75) is 44.3 Å². The summed E-state index contributed by atoms with van der Waals surface area (Å²) >= 11 is 1.84. The Bertz CT molecular complexity index is 2610. The standard InChI is InChI=1S/C49H39BO2S/c1-47(2)48(3,4)52-50(51-47)44-23-13-20-41-40-19-12-18-37(45(40)53-46(41)44)34-26-30-36(31-27-34)49(35-28-24-33(25-29-35)32-14-6-5-7-15-32)42-21-10-8-16-38(42)39-17-9-11-22-43(39)49/h5-31H,1-4H3. The van der Waals surface area contributed by atoms with Crippen LogP contribution in [-0.4, -0.2) is 18.3 Å². The highest BCUT2D eigenvalue weighted by Crippen LogP contribution is 2.56. The van der Waals surface area contributed by atoms with Crippen LogP contribution < -0.4 is 5.46 Å². The molecule has 0 radical (unpaired) electrons. The largest absolute Gasteiger partial charge is 0.496 e. The smallest absolute Gasteiger partial charge is 0.399 e. The molecule has 1 aromatic heterocycles. The molecule has 0 atom stereocenters. The van der Waals surface area contributed by atoms with Crippen LogP contribution in [0.25, 0.3) is 53.6 Å². The van der Waals surface area contributed by atoms with Gasteiger partial charge in [0.1, 0.15) is 0 Å². The SMILES string of the molecule is CC1(C)OB(c2cccc3c2sc2c(-c4ccc(C5(c6ccc(-c7ccccc7)cc6)c6ccccc6-c6ccccc65)cc4)cccc23)OC1(C)C. The summed E-state index contributed by atoms with van der Waals surface area (Å²) in [5, 5.41) is 2.51. The van der Waals surface area contributed by atoms with Gasteiger partial charge in [0.25, 0.3) is 0 Å². The van der Waals surface area contributed by atoms with Crippen molar-refractivity contribution in [1.29, 1.82) is 0 Å². The Morgan fingerprint density at radius 2 is 0.887 bits per heavy atom. The van der Waals surface area contributed by atoms with E-state index >= 15 is 0 Å². The van der Waals surface area contributed by atoms with Crippen molar-refractivity contribution in [3.63, 3.8) is 0 Å². The number of hydrogen-bond acceptors (Lipinski definition) is 3. The summed E-state index contributed by atoms with van der Waals surface area (Å²) in [4.78, 5) is 0. The minimum atomic E-state index is -0.456. The molecular formula is C49H39BO2S. The van der Waals surface area contributed by atoms with Gasteiger partial charge < -0.3 is 9.31 Å². The van der Waals surface area contributed by atoms with Crippen LogP contribution >= 0.6 is 11.3 Å². The molecule has 0 bridgehead atoms. The van der Waals surface area contributed by atoms with Gasteiger partial charge in [0.05, 0.1) is 16.6 Å². The quantitative estimate of drug-likeness (QED) is 0.166.